The zero-order valence-corrected chi connectivity index (χ0v) is 15.2. The van der Waals surface area contributed by atoms with Gasteiger partial charge in [0.1, 0.15) is 0 Å². The number of pyridine rings is 1. The van der Waals surface area contributed by atoms with E-state index in [0.29, 0.717) is 16.8 Å². The second kappa shape index (κ2) is 8.61. The van der Waals surface area contributed by atoms with Gasteiger partial charge in [0, 0.05) is 35.7 Å². The first kappa shape index (κ1) is 20.1. The summed E-state index contributed by atoms with van der Waals surface area (Å²) in [5.41, 5.74) is 3.90. The molecule has 2 aromatic carbocycles. The first-order chi connectivity index (χ1) is 14.3. The Morgan fingerprint density at radius 2 is 1.40 bits per heavy atom. The average Bonchev–Trinajstić information content (AvgIpc) is 2.74. The molecule has 0 saturated heterocycles. The number of carbonyl (C=O) groups is 2. The third kappa shape index (κ3) is 4.62. The zero-order valence-electron chi connectivity index (χ0n) is 15.2. The van der Waals surface area contributed by atoms with Crippen LogP contribution in [-0.2, 0) is 0 Å². The van der Waals surface area contributed by atoms with Crippen LogP contribution < -0.4 is 5.43 Å². The van der Waals surface area contributed by atoms with Gasteiger partial charge in [0.05, 0.1) is 27.4 Å². The number of non-ortho nitro benzene ring substituents is 1. The summed E-state index contributed by atoms with van der Waals surface area (Å²) < 4.78 is 0. The minimum absolute atomic E-state index is 0.0824. The van der Waals surface area contributed by atoms with E-state index in [1.165, 1.54) is 36.4 Å². The summed E-state index contributed by atoms with van der Waals surface area (Å²) in [7, 11) is 0. The molecule has 3 aromatic rings. The molecule has 0 aliphatic carbocycles. The predicted octanol–water partition coefficient (Wildman–Crippen LogP) is 3.25. The summed E-state index contributed by atoms with van der Waals surface area (Å²) >= 11 is 0. The average molecular weight is 406 g/mol. The standard InChI is InChI=1S/C20H14N4O6/c25-19(26)14-9-15(20(27)28)11-16(10-14)22-23-18(13-5-7-21-8-6-13)12-1-3-17(4-2-12)24(29)30/h1-11,22H,(H,25,26)(H,27,28)/b23-18-. The molecule has 0 spiro atoms. The lowest BCUT2D eigenvalue weighted by Crippen LogP contribution is -2.08. The van der Waals surface area contributed by atoms with Gasteiger partial charge in [-0.25, -0.2) is 9.59 Å². The lowest BCUT2D eigenvalue weighted by atomic mass is 10.0. The number of nitro benzene ring substituents is 1. The van der Waals surface area contributed by atoms with Crippen molar-refractivity contribution in [2.45, 2.75) is 0 Å². The summed E-state index contributed by atoms with van der Waals surface area (Å²) in [4.78, 5) is 36.9. The van der Waals surface area contributed by atoms with E-state index in [1.54, 1.807) is 24.5 Å². The van der Waals surface area contributed by atoms with E-state index >= 15 is 0 Å². The number of hydrazone groups is 1. The van der Waals surface area contributed by atoms with Crippen molar-refractivity contribution < 1.29 is 24.7 Å². The van der Waals surface area contributed by atoms with Gasteiger partial charge in [0.2, 0.25) is 0 Å². The largest absolute Gasteiger partial charge is 0.478 e. The van der Waals surface area contributed by atoms with E-state index in [9.17, 15) is 29.9 Å². The van der Waals surface area contributed by atoms with Crippen LogP contribution in [0.3, 0.4) is 0 Å². The smallest absolute Gasteiger partial charge is 0.335 e. The molecule has 0 atom stereocenters. The van der Waals surface area contributed by atoms with Gasteiger partial charge in [0.25, 0.3) is 5.69 Å². The molecule has 30 heavy (non-hydrogen) atoms. The first-order valence-corrected chi connectivity index (χ1v) is 8.46. The Hall–Kier alpha value is -4.60. The van der Waals surface area contributed by atoms with Gasteiger partial charge >= 0.3 is 11.9 Å². The number of aromatic carboxylic acids is 2. The number of hydrogen-bond acceptors (Lipinski definition) is 7. The maximum atomic E-state index is 11.3. The van der Waals surface area contributed by atoms with Crippen molar-refractivity contribution in [2.24, 2.45) is 5.10 Å². The van der Waals surface area contributed by atoms with Crippen molar-refractivity contribution in [1.82, 2.24) is 4.98 Å². The third-order valence-corrected chi connectivity index (χ3v) is 4.03. The fourth-order valence-electron chi connectivity index (χ4n) is 2.61. The number of carboxylic acid groups (broad SMARTS) is 2. The van der Waals surface area contributed by atoms with Crippen molar-refractivity contribution in [1.29, 1.82) is 0 Å². The summed E-state index contributed by atoms with van der Waals surface area (Å²) in [6.07, 6.45) is 3.09. The molecular formula is C20H14N4O6. The zero-order chi connectivity index (χ0) is 21.7. The van der Waals surface area contributed by atoms with E-state index in [-0.39, 0.29) is 22.5 Å². The lowest BCUT2D eigenvalue weighted by Gasteiger charge is -2.09. The molecule has 150 valence electrons. The molecule has 0 aliphatic rings. The van der Waals surface area contributed by atoms with E-state index < -0.39 is 16.9 Å². The fraction of sp³-hybridized carbons (Fsp3) is 0. The Bertz CT molecular complexity index is 1110. The number of hydrogen-bond donors (Lipinski definition) is 3. The number of nitrogens with zero attached hydrogens (tertiary/aromatic N) is 3. The Kier molecular flexibility index (Phi) is 5.78. The third-order valence-electron chi connectivity index (χ3n) is 4.03. The second-order valence-corrected chi connectivity index (χ2v) is 6.02. The summed E-state index contributed by atoms with van der Waals surface area (Å²) in [6, 6.07) is 12.6. The van der Waals surface area contributed by atoms with Crippen molar-refractivity contribution in [3.63, 3.8) is 0 Å². The highest BCUT2D eigenvalue weighted by Gasteiger charge is 2.13. The van der Waals surface area contributed by atoms with Crippen LogP contribution in [0.15, 0.2) is 72.1 Å². The summed E-state index contributed by atoms with van der Waals surface area (Å²) in [5, 5.41) is 33.6. The Morgan fingerprint density at radius 1 is 0.867 bits per heavy atom. The first-order valence-electron chi connectivity index (χ1n) is 8.46. The molecule has 10 heteroatoms. The normalized spacial score (nSPS) is 11.0. The number of anilines is 1. The van der Waals surface area contributed by atoms with Crippen LogP contribution in [0.4, 0.5) is 11.4 Å². The highest BCUT2D eigenvalue weighted by atomic mass is 16.6. The maximum absolute atomic E-state index is 11.3. The molecular weight excluding hydrogens is 392 g/mol. The molecule has 0 aliphatic heterocycles. The van der Waals surface area contributed by atoms with E-state index in [1.807, 2.05) is 0 Å². The lowest BCUT2D eigenvalue weighted by molar-refractivity contribution is -0.384. The number of rotatable bonds is 7. The molecule has 0 radical (unpaired) electrons. The Labute approximate surface area is 169 Å². The van der Waals surface area contributed by atoms with Gasteiger partial charge in [-0.2, -0.15) is 5.10 Å². The van der Waals surface area contributed by atoms with Gasteiger partial charge < -0.3 is 10.2 Å². The minimum atomic E-state index is -1.28. The predicted molar refractivity (Wildman–Crippen MR) is 107 cm³/mol. The highest BCUT2D eigenvalue weighted by molar-refractivity contribution is 6.13. The monoisotopic (exact) mass is 406 g/mol. The quantitative estimate of drug-likeness (QED) is 0.307. The van der Waals surface area contributed by atoms with Gasteiger partial charge in [-0.3, -0.25) is 20.5 Å². The van der Waals surface area contributed by atoms with Crippen molar-refractivity contribution in [3.8, 4) is 0 Å². The van der Waals surface area contributed by atoms with E-state index in [0.717, 1.165) is 6.07 Å². The van der Waals surface area contributed by atoms with E-state index in [2.05, 4.69) is 15.5 Å². The second-order valence-electron chi connectivity index (χ2n) is 6.02. The number of nitro groups is 1. The molecule has 0 unspecified atom stereocenters. The number of carboxylic acids is 2. The molecule has 10 nitrogen and oxygen atoms in total. The molecule has 0 bridgehead atoms. The van der Waals surface area contributed by atoms with Crippen LogP contribution in [0.5, 0.6) is 0 Å². The minimum Gasteiger partial charge on any atom is -0.478 e. The van der Waals surface area contributed by atoms with Crippen LogP contribution >= 0.6 is 0 Å². The van der Waals surface area contributed by atoms with Gasteiger partial charge in [-0.1, -0.05) is 0 Å². The Morgan fingerprint density at radius 3 is 1.90 bits per heavy atom. The molecule has 1 heterocycles. The summed E-state index contributed by atoms with van der Waals surface area (Å²) in [5.74, 6) is -2.57. The topological polar surface area (TPSA) is 155 Å². The molecule has 1 aromatic heterocycles. The maximum Gasteiger partial charge on any atom is 0.335 e. The molecule has 0 fully saturated rings. The van der Waals surface area contributed by atoms with Gasteiger partial charge in [-0.05, 0) is 42.5 Å². The van der Waals surface area contributed by atoms with E-state index in [4.69, 9.17) is 0 Å². The molecule has 3 rings (SSSR count). The van der Waals surface area contributed by atoms with Crippen molar-refractivity contribution in [2.75, 3.05) is 5.43 Å². The number of nitrogens with one attached hydrogen (secondary N) is 1. The van der Waals surface area contributed by atoms with Crippen LogP contribution in [0.25, 0.3) is 0 Å². The van der Waals surface area contributed by atoms with Crippen molar-refractivity contribution in [3.05, 3.63) is 99.4 Å². The van der Waals surface area contributed by atoms with Crippen LogP contribution in [0.2, 0.25) is 0 Å². The summed E-state index contributed by atoms with van der Waals surface area (Å²) in [6.45, 7) is 0. The highest BCUT2D eigenvalue weighted by Crippen LogP contribution is 2.19. The molecule has 3 N–H and O–H groups in total. The Balaban J connectivity index is 2.04. The number of aromatic nitrogens is 1. The van der Waals surface area contributed by atoms with Crippen LogP contribution in [0.1, 0.15) is 31.8 Å². The van der Waals surface area contributed by atoms with Crippen molar-refractivity contribution >= 4 is 29.0 Å². The van der Waals surface area contributed by atoms with Gasteiger partial charge in [0.15, 0.2) is 0 Å². The number of benzene rings is 2. The molecule has 0 saturated carbocycles. The van der Waals surface area contributed by atoms with Crippen LogP contribution in [0, 0.1) is 10.1 Å². The fourth-order valence-corrected chi connectivity index (χ4v) is 2.61. The van der Waals surface area contributed by atoms with Crippen LogP contribution in [-0.4, -0.2) is 37.8 Å². The van der Waals surface area contributed by atoms with Gasteiger partial charge in [-0.15, -0.1) is 0 Å². The SMILES string of the molecule is O=C(O)c1cc(N/N=C(\c2ccncc2)c2ccc([N+](=O)[O-])cc2)cc(C(=O)O)c1. The molecule has 0 amide bonds.